The van der Waals surface area contributed by atoms with Crippen molar-refractivity contribution in [2.75, 3.05) is 0 Å². The summed E-state index contributed by atoms with van der Waals surface area (Å²) in [5.74, 6) is 0. The smallest absolute Gasteiger partial charge is 0.267 e. The zero-order chi connectivity index (χ0) is 13.4. The number of aromatic amines is 1. The Balaban J connectivity index is 1.95. The Hall–Kier alpha value is -1.52. The quantitative estimate of drug-likeness (QED) is 0.934. The van der Waals surface area contributed by atoms with Crippen molar-refractivity contribution in [3.8, 4) is 6.07 Å². The molecule has 0 spiro atoms. The van der Waals surface area contributed by atoms with Crippen LogP contribution >= 0.6 is 27.7 Å². The highest BCUT2D eigenvalue weighted by Gasteiger charge is 2.28. The van der Waals surface area contributed by atoms with Crippen LogP contribution in [0.2, 0.25) is 0 Å². The topological polar surface area (TPSA) is 74.5 Å². The standard InChI is InChI=1S/C12H9BrN4OS/c13-8-3-7(6-14)4-10(5-8)19-12-16-15-11(18)17(12)9-1-2-9/h3-5,9H,1-2H2,(H,15,18). The molecule has 1 N–H and O–H groups in total. The predicted octanol–water partition coefficient (Wildman–Crippen LogP) is 2.69. The molecular weight excluding hydrogens is 328 g/mol. The van der Waals surface area contributed by atoms with Crippen LogP contribution < -0.4 is 5.69 Å². The van der Waals surface area contributed by atoms with Crippen molar-refractivity contribution in [1.82, 2.24) is 14.8 Å². The largest absolute Gasteiger partial charge is 0.344 e. The minimum Gasteiger partial charge on any atom is -0.267 e. The van der Waals surface area contributed by atoms with E-state index in [0.717, 1.165) is 22.2 Å². The van der Waals surface area contributed by atoms with E-state index in [9.17, 15) is 4.79 Å². The van der Waals surface area contributed by atoms with Crippen molar-refractivity contribution in [3.63, 3.8) is 0 Å². The first-order chi connectivity index (χ1) is 9.17. The van der Waals surface area contributed by atoms with Crippen LogP contribution in [-0.2, 0) is 0 Å². The van der Waals surface area contributed by atoms with E-state index in [2.05, 4.69) is 32.2 Å². The third-order valence-corrected chi connectivity index (χ3v) is 4.19. The van der Waals surface area contributed by atoms with Gasteiger partial charge in [-0.2, -0.15) is 5.26 Å². The molecule has 19 heavy (non-hydrogen) atoms. The number of rotatable bonds is 3. The second kappa shape index (κ2) is 4.87. The summed E-state index contributed by atoms with van der Waals surface area (Å²) in [6.45, 7) is 0. The van der Waals surface area contributed by atoms with Crippen molar-refractivity contribution in [3.05, 3.63) is 38.7 Å². The monoisotopic (exact) mass is 336 g/mol. The normalized spacial score (nSPS) is 14.3. The number of hydrogen-bond acceptors (Lipinski definition) is 4. The van der Waals surface area contributed by atoms with Crippen LogP contribution in [-0.4, -0.2) is 14.8 Å². The average molecular weight is 337 g/mol. The Morgan fingerprint density at radius 1 is 1.47 bits per heavy atom. The van der Waals surface area contributed by atoms with E-state index in [-0.39, 0.29) is 11.7 Å². The molecule has 0 saturated heterocycles. The lowest BCUT2D eigenvalue weighted by Crippen LogP contribution is -2.15. The Labute approximate surface area is 121 Å². The Morgan fingerprint density at radius 3 is 2.95 bits per heavy atom. The molecule has 1 saturated carbocycles. The van der Waals surface area contributed by atoms with Gasteiger partial charge >= 0.3 is 5.69 Å². The first-order valence-electron chi connectivity index (χ1n) is 5.73. The van der Waals surface area contributed by atoms with E-state index in [1.165, 1.54) is 11.8 Å². The summed E-state index contributed by atoms with van der Waals surface area (Å²) in [6, 6.07) is 7.82. The van der Waals surface area contributed by atoms with Gasteiger partial charge in [0.2, 0.25) is 0 Å². The first-order valence-corrected chi connectivity index (χ1v) is 7.34. The molecule has 1 heterocycles. The summed E-state index contributed by atoms with van der Waals surface area (Å²) < 4.78 is 2.53. The summed E-state index contributed by atoms with van der Waals surface area (Å²) in [5.41, 5.74) is 0.410. The number of H-pyrrole nitrogens is 1. The molecule has 0 radical (unpaired) electrons. The van der Waals surface area contributed by atoms with Gasteiger partial charge in [0.25, 0.3) is 0 Å². The van der Waals surface area contributed by atoms with Crippen LogP contribution in [0.5, 0.6) is 0 Å². The lowest BCUT2D eigenvalue weighted by Gasteiger charge is -2.04. The van der Waals surface area contributed by atoms with Gasteiger partial charge in [-0.1, -0.05) is 15.9 Å². The molecule has 3 rings (SSSR count). The fourth-order valence-electron chi connectivity index (χ4n) is 1.81. The van der Waals surface area contributed by atoms with Crippen molar-refractivity contribution >= 4 is 27.7 Å². The summed E-state index contributed by atoms with van der Waals surface area (Å²) in [4.78, 5) is 12.6. The number of nitrogens with one attached hydrogen (secondary N) is 1. The fourth-order valence-corrected chi connectivity index (χ4v) is 3.46. The molecule has 7 heteroatoms. The van der Waals surface area contributed by atoms with Crippen LogP contribution in [0.25, 0.3) is 0 Å². The summed E-state index contributed by atoms with van der Waals surface area (Å²) >= 11 is 4.76. The molecular formula is C12H9BrN4OS. The summed E-state index contributed by atoms with van der Waals surface area (Å²) in [5, 5.41) is 16.1. The zero-order valence-corrected chi connectivity index (χ0v) is 12.2. The van der Waals surface area contributed by atoms with Crippen LogP contribution in [0.1, 0.15) is 24.4 Å². The third kappa shape index (κ3) is 2.60. The Kier molecular flexibility index (Phi) is 3.21. The van der Waals surface area contributed by atoms with Crippen molar-refractivity contribution in [2.45, 2.75) is 28.9 Å². The Morgan fingerprint density at radius 2 is 2.26 bits per heavy atom. The number of aromatic nitrogens is 3. The second-order valence-corrected chi connectivity index (χ2v) is 6.26. The van der Waals surface area contributed by atoms with Crippen LogP contribution in [0.3, 0.4) is 0 Å². The highest BCUT2D eigenvalue weighted by molar-refractivity contribution is 9.10. The molecule has 96 valence electrons. The summed E-state index contributed by atoms with van der Waals surface area (Å²) in [7, 11) is 0. The molecule has 2 aromatic rings. The highest BCUT2D eigenvalue weighted by atomic mass is 79.9. The molecule has 1 aliphatic rings. The minimum atomic E-state index is -0.166. The van der Waals surface area contributed by atoms with Gasteiger partial charge < -0.3 is 0 Å². The Bertz CT molecular complexity index is 726. The van der Waals surface area contributed by atoms with Crippen LogP contribution in [0, 0.1) is 11.3 Å². The number of nitrogens with zero attached hydrogens (tertiary/aromatic N) is 3. The molecule has 0 amide bonds. The maximum Gasteiger partial charge on any atom is 0.344 e. The molecule has 1 aromatic heterocycles. The van der Waals surface area contributed by atoms with Gasteiger partial charge in [-0.05, 0) is 42.8 Å². The number of nitriles is 1. The molecule has 1 aliphatic carbocycles. The maximum atomic E-state index is 11.7. The molecule has 0 unspecified atom stereocenters. The molecule has 0 atom stereocenters. The van der Waals surface area contributed by atoms with Gasteiger partial charge in [0, 0.05) is 15.4 Å². The fraction of sp³-hybridized carbons (Fsp3) is 0.250. The zero-order valence-electron chi connectivity index (χ0n) is 9.76. The number of hydrogen-bond donors (Lipinski definition) is 1. The van der Waals surface area contributed by atoms with Gasteiger partial charge in [-0.3, -0.25) is 4.57 Å². The van der Waals surface area contributed by atoms with E-state index in [0.29, 0.717) is 10.7 Å². The van der Waals surface area contributed by atoms with E-state index >= 15 is 0 Å². The van der Waals surface area contributed by atoms with Crippen molar-refractivity contribution in [1.29, 1.82) is 5.26 Å². The van der Waals surface area contributed by atoms with Gasteiger partial charge in [0.15, 0.2) is 5.16 Å². The lowest BCUT2D eigenvalue weighted by atomic mass is 10.2. The third-order valence-electron chi connectivity index (χ3n) is 2.79. The minimum absolute atomic E-state index is 0.166. The second-order valence-electron chi connectivity index (χ2n) is 4.30. The number of halogens is 1. The highest BCUT2D eigenvalue weighted by Crippen LogP contribution is 2.38. The molecule has 0 aliphatic heterocycles. The van der Waals surface area contributed by atoms with Gasteiger partial charge in [-0.15, -0.1) is 5.10 Å². The van der Waals surface area contributed by atoms with Crippen LogP contribution in [0.4, 0.5) is 0 Å². The maximum absolute atomic E-state index is 11.7. The van der Waals surface area contributed by atoms with Gasteiger partial charge in [0.1, 0.15) is 0 Å². The van der Waals surface area contributed by atoms with Crippen LogP contribution in [0.15, 0.2) is 37.5 Å². The van der Waals surface area contributed by atoms with E-state index < -0.39 is 0 Å². The van der Waals surface area contributed by atoms with E-state index in [1.54, 1.807) is 16.7 Å². The van der Waals surface area contributed by atoms with Gasteiger partial charge in [-0.25, -0.2) is 9.89 Å². The van der Waals surface area contributed by atoms with Gasteiger partial charge in [0.05, 0.1) is 11.6 Å². The molecule has 5 nitrogen and oxygen atoms in total. The van der Waals surface area contributed by atoms with Crippen molar-refractivity contribution < 1.29 is 0 Å². The van der Waals surface area contributed by atoms with E-state index in [4.69, 9.17) is 5.26 Å². The lowest BCUT2D eigenvalue weighted by molar-refractivity contribution is 0.642. The molecule has 1 aromatic carbocycles. The molecule has 1 fully saturated rings. The predicted molar refractivity (Wildman–Crippen MR) is 74.1 cm³/mol. The SMILES string of the molecule is N#Cc1cc(Br)cc(Sc2n[nH]c(=O)n2C2CC2)c1. The molecule has 0 bridgehead atoms. The average Bonchev–Trinajstić information content (AvgIpc) is 3.14. The first kappa shape index (κ1) is 12.5. The summed E-state index contributed by atoms with van der Waals surface area (Å²) in [6.07, 6.45) is 2.05. The van der Waals surface area contributed by atoms with E-state index in [1.807, 2.05) is 6.07 Å². The van der Waals surface area contributed by atoms with Crippen molar-refractivity contribution in [2.24, 2.45) is 0 Å². The number of benzene rings is 1.